The fourth-order valence-corrected chi connectivity index (χ4v) is 1.91. The van der Waals surface area contributed by atoms with Gasteiger partial charge < -0.3 is 0 Å². The van der Waals surface area contributed by atoms with E-state index < -0.39 is 5.95 Å². The molecule has 0 atom stereocenters. The van der Waals surface area contributed by atoms with Gasteiger partial charge >= 0.3 is 0 Å². The predicted molar refractivity (Wildman–Crippen MR) is 45.8 cm³/mol. The van der Waals surface area contributed by atoms with Crippen LogP contribution in [0.15, 0.2) is 0 Å². The Balaban J connectivity index is 3.15. The summed E-state index contributed by atoms with van der Waals surface area (Å²) in [5.74, 6) is -0.554. The van der Waals surface area contributed by atoms with E-state index in [9.17, 15) is 4.39 Å². The van der Waals surface area contributed by atoms with Crippen LogP contribution in [0.3, 0.4) is 0 Å². The van der Waals surface area contributed by atoms with Gasteiger partial charge in [0.05, 0.1) is 4.88 Å². The van der Waals surface area contributed by atoms with Crippen molar-refractivity contribution in [2.24, 2.45) is 0 Å². The molecule has 0 saturated carbocycles. The first-order chi connectivity index (χ1) is 4.93. The van der Waals surface area contributed by atoms with E-state index in [4.69, 9.17) is 11.6 Å². The Morgan fingerprint density at radius 3 is 2.18 bits per heavy atom. The van der Waals surface area contributed by atoms with Gasteiger partial charge in [-0.05, 0) is 16.9 Å². The monoisotopic (exact) mass is 193 g/mol. The van der Waals surface area contributed by atoms with E-state index in [1.807, 2.05) is 20.8 Å². The average molecular weight is 194 g/mol. The van der Waals surface area contributed by atoms with Crippen molar-refractivity contribution in [2.75, 3.05) is 0 Å². The standard InChI is InChI=1S/C7H9ClFNS/c1-7(2,3)5-4(8)6(9)10-11-5/h1-3H3. The molecule has 0 unspecified atom stereocenters. The molecule has 1 rings (SSSR count). The van der Waals surface area contributed by atoms with Gasteiger partial charge in [0, 0.05) is 0 Å². The summed E-state index contributed by atoms with van der Waals surface area (Å²) in [6.07, 6.45) is 0. The molecule has 0 spiro atoms. The number of halogens is 2. The average Bonchev–Trinajstić information content (AvgIpc) is 2.11. The fourth-order valence-electron chi connectivity index (χ4n) is 0.726. The minimum atomic E-state index is -0.554. The summed E-state index contributed by atoms with van der Waals surface area (Å²) in [7, 11) is 0. The van der Waals surface area contributed by atoms with Crippen LogP contribution in [0.5, 0.6) is 0 Å². The summed E-state index contributed by atoms with van der Waals surface area (Å²) >= 11 is 6.79. The Morgan fingerprint density at radius 2 is 2.00 bits per heavy atom. The number of rotatable bonds is 0. The van der Waals surface area contributed by atoms with Gasteiger partial charge in [0.2, 0.25) is 5.95 Å². The second kappa shape index (κ2) is 2.72. The van der Waals surface area contributed by atoms with Crippen molar-refractivity contribution in [1.82, 2.24) is 4.37 Å². The summed E-state index contributed by atoms with van der Waals surface area (Å²) in [6, 6.07) is 0. The van der Waals surface area contributed by atoms with Crippen LogP contribution >= 0.6 is 23.1 Å². The molecule has 0 bridgehead atoms. The molecule has 1 aromatic heterocycles. The van der Waals surface area contributed by atoms with Crippen LogP contribution in [0.4, 0.5) is 4.39 Å². The molecule has 0 radical (unpaired) electrons. The van der Waals surface area contributed by atoms with Crippen molar-refractivity contribution < 1.29 is 4.39 Å². The van der Waals surface area contributed by atoms with E-state index in [0.29, 0.717) is 0 Å². The lowest BCUT2D eigenvalue weighted by Gasteiger charge is -2.15. The lowest BCUT2D eigenvalue weighted by molar-refractivity contribution is 0.579. The molecule has 1 heterocycles. The van der Waals surface area contributed by atoms with Gasteiger partial charge in [-0.3, -0.25) is 0 Å². The largest absolute Gasteiger partial charge is 0.243 e. The lowest BCUT2D eigenvalue weighted by atomic mass is 9.95. The number of hydrogen-bond donors (Lipinski definition) is 0. The number of aromatic nitrogens is 1. The number of hydrogen-bond acceptors (Lipinski definition) is 2. The Bertz CT molecular complexity index is 264. The highest BCUT2D eigenvalue weighted by atomic mass is 35.5. The van der Waals surface area contributed by atoms with E-state index >= 15 is 0 Å². The molecule has 0 fully saturated rings. The smallest absolute Gasteiger partial charge is 0.182 e. The predicted octanol–water partition coefficient (Wildman–Crippen LogP) is 3.23. The minimum Gasteiger partial charge on any atom is -0.182 e. The first kappa shape index (κ1) is 8.94. The van der Waals surface area contributed by atoms with Crippen molar-refractivity contribution in [2.45, 2.75) is 26.2 Å². The van der Waals surface area contributed by atoms with Gasteiger partial charge in [0.1, 0.15) is 5.02 Å². The highest BCUT2D eigenvalue weighted by Crippen LogP contribution is 2.34. The molecule has 0 saturated heterocycles. The maximum absolute atomic E-state index is 12.6. The Hall–Kier alpha value is -0.150. The third-order valence-corrected chi connectivity index (χ3v) is 2.99. The fraction of sp³-hybridized carbons (Fsp3) is 0.571. The Labute approximate surface area is 74.4 Å². The summed E-state index contributed by atoms with van der Waals surface area (Å²) in [5, 5.41) is 0.169. The zero-order valence-electron chi connectivity index (χ0n) is 6.61. The van der Waals surface area contributed by atoms with Crippen molar-refractivity contribution in [3.8, 4) is 0 Å². The lowest BCUT2D eigenvalue weighted by Crippen LogP contribution is -2.08. The normalized spacial score (nSPS) is 12.1. The van der Waals surface area contributed by atoms with Crippen LogP contribution in [0, 0.1) is 5.95 Å². The molecule has 0 aromatic carbocycles. The van der Waals surface area contributed by atoms with Crippen molar-refractivity contribution >= 4 is 23.1 Å². The summed E-state index contributed by atoms with van der Waals surface area (Å²) in [6.45, 7) is 5.93. The van der Waals surface area contributed by atoms with Crippen LogP contribution in [-0.4, -0.2) is 4.37 Å². The molecule has 11 heavy (non-hydrogen) atoms. The second-order valence-corrected chi connectivity index (χ2v) is 4.52. The van der Waals surface area contributed by atoms with Crippen molar-refractivity contribution in [3.63, 3.8) is 0 Å². The van der Waals surface area contributed by atoms with Crippen LogP contribution in [0.25, 0.3) is 0 Å². The molecule has 0 aliphatic rings. The molecule has 62 valence electrons. The van der Waals surface area contributed by atoms with Crippen LogP contribution in [0.1, 0.15) is 25.6 Å². The Kier molecular flexibility index (Phi) is 2.21. The Morgan fingerprint density at radius 1 is 1.45 bits per heavy atom. The first-order valence-corrected chi connectivity index (χ1v) is 4.39. The third-order valence-electron chi connectivity index (χ3n) is 1.28. The molecule has 1 aromatic rings. The van der Waals surface area contributed by atoms with Crippen molar-refractivity contribution in [3.05, 3.63) is 15.8 Å². The third kappa shape index (κ3) is 1.71. The van der Waals surface area contributed by atoms with E-state index in [2.05, 4.69) is 4.37 Å². The molecule has 1 nitrogen and oxygen atoms in total. The zero-order chi connectivity index (χ0) is 8.65. The van der Waals surface area contributed by atoms with E-state index in [0.717, 1.165) is 16.4 Å². The van der Waals surface area contributed by atoms with Gasteiger partial charge in [0.25, 0.3) is 0 Å². The molecule has 0 aliphatic heterocycles. The molecular weight excluding hydrogens is 185 g/mol. The second-order valence-electron chi connectivity index (χ2n) is 3.37. The van der Waals surface area contributed by atoms with E-state index in [-0.39, 0.29) is 10.4 Å². The SMILES string of the molecule is CC(C)(C)c1snc(F)c1Cl. The molecule has 0 aliphatic carbocycles. The van der Waals surface area contributed by atoms with Gasteiger partial charge in [-0.15, -0.1) is 0 Å². The van der Waals surface area contributed by atoms with Crippen LogP contribution < -0.4 is 0 Å². The first-order valence-electron chi connectivity index (χ1n) is 3.24. The quantitative estimate of drug-likeness (QED) is 0.617. The number of nitrogens with zero attached hydrogens (tertiary/aromatic N) is 1. The van der Waals surface area contributed by atoms with Gasteiger partial charge in [-0.1, -0.05) is 32.4 Å². The maximum atomic E-state index is 12.6. The molecule has 0 amide bonds. The van der Waals surface area contributed by atoms with E-state index in [1.54, 1.807) is 0 Å². The highest BCUT2D eigenvalue weighted by molar-refractivity contribution is 7.06. The minimum absolute atomic E-state index is 0.112. The van der Waals surface area contributed by atoms with Gasteiger partial charge in [-0.25, -0.2) is 0 Å². The zero-order valence-corrected chi connectivity index (χ0v) is 8.18. The van der Waals surface area contributed by atoms with Gasteiger partial charge in [-0.2, -0.15) is 8.76 Å². The van der Waals surface area contributed by atoms with Gasteiger partial charge in [0.15, 0.2) is 0 Å². The maximum Gasteiger partial charge on any atom is 0.243 e. The van der Waals surface area contributed by atoms with Crippen LogP contribution in [-0.2, 0) is 5.41 Å². The molecule has 0 N–H and O–H groups in total. The topological polar surface area (TPSA) is 12.9 Å². The molecular formula is C7H9ClFNS. The van der Waals surface area contributed by atoms with Crippen molar-refractivity contribution in [1.29, 1.82) is 0 Å². The summed E-state index contributed by atoms with van der Waals surface area (Å²) in [5.41, 5.74) is -0.112. The summed E-state index contributed by atoms with van der Waals surface area (Å²) in [4.78, 5) is 0.802. The molecule has 4 heteroatoms. The summed E-state index contributed by atoms with van der Waals surface area (Å²) < 4.78 is 16.2. The van der Waals surface area contributed by atoms with Crippen LogP contribution in [0.2, 0.25) is 5.02 Å². The highest BCUT2D eigenvalue weighted by Gasteiger charge is 2.22. The van der Waals surface area contributed by atoms with E-state index in [1.165, 1.54) is 0 Å².